The molecule has 6 rings (SSSR count). The third-order valence-corrected chi connectivity index (χ3v) is 6.65. The molecule has 4 aromatic heterocycles. The molecule has 6 heterocycles. The normalized spacial score (nSPS) is 19.2. The summed E-state index contributed by atoms with van der Waals surface area (Å²) in [4.78, 5) is 32.1. The first-order valence-electron chi connectivity index (χ1n) is 11.7. The number of ether oxygens (including phenoxy) is 1. The van der Waals surface area contributed by atoms with Crippen LogP contribution in [0.4, 0.5) is 11.4 Å². The van der Waals surface area contributed by atoms with Crippen LogP contribution in [0.5, 0.6) is 0 Å². The van der Waals surface area contributed by atoms with E-state index in [1.807, 2.05) is 19.3 Å². The van der Waals surface area contributed by atoms with E-state index in [2.05, 4.69) is 35.9 Å². The fraction of sp³-hybridized carbons (Fsp3) is 0.333. The summed E-state index contributed by atoms with van der Waals surface area (Å²) in [6.45, 7) is 3.55. The minimum atomic E-state index is -0.416. The number of pyridine rings is 2. The number of morpholine rings is 1. The molecule has 2 saturated heterocycles. The second-order valence-corrected chi connectivity index (χ2v) is 9.22. The maximum Gasteiger partial charge on any atom is 0.278 e. The number of nitrogens with one attached hydrogen (secondary N) is 2. The number of rotatable bonds is 6. The molecule has 2 bridgehead atoms. The summed E-state index contributed by atoms with van der Waals surface area (Å²) in [5, 5.41) is 18.1. The molecule has 36 heavy (non-hydrogen) atoms. The summed E-state index contributed by atoms with van der Waals surface area (Å²) < 4.78 is 8.88. The van der Waals surface area contributed by atoms with Gasteiger partial charge in [0.2, 0.25) is 5.91 Å². The first-order valence-corrected chi connectivity index (χ1v) is 11.7. The Morgan fingerprint density at radius 1 is 1.17 bits per heavy atom. The van der Waals surface area contributed by atoms with Gasteiger partial charge in [-0.2, -0.15) is 5.10 Å². The molecule has 0 aromatic carbocycles. The van der Waals surface area contributed by atoms with Gasteiger partial charge in [0, 0.05) is 43.2 Å². The average Bonchev–Trinajstić information content (AvgIpc) is 3.65. The van der Waals surface area contributed by atoms with Gasteiger partial charge in [-0.05, 0) is 25.5 Å². The number of carbonyl (C=O) groups excluding carboxylic acids is 2. The van der Waals surface area contributed by atoms with Crippen molar-refractivity contribution >= 4 is 28.7 Å². The van der Waals surface area contributed by atoms with Gasteiger partial charge in [0.25, 0.3) is 5.91 Å². The Balaban J connectivity index is 1.15. The van der Waals surface area contributed by atoms with Crippen LogP contribution in [0.2, 0.25) is 0 Å². The number of amides is 2. The van der Waals surface area contributed by atoms with Crippen LogP contribution in [0.15, 0.2) is 43.0 Å². The van der Waals surface area contributed by atoms with E-state index in [0.717, 1.165) is 24.1 Å². The number of likely N-dealkylation sites (tertiary alicyclic amines) is 1. The molecule has 2 amide bonds. The van der Waals surface area contributed by atoms with Gasteiger partial charge in [-0.25, -0.2) is 4.52 Å². The SMILES string of the molecule is Cc1ncc(NC(=O)CN2C[C@H]3C[C@@H]2CO3)cc1NC(=O)c1nnn2cc(-c3cnn(C)c3)ccc12. The molecule has 0 unspecified atom stereocenters. The van der Waals surface area contributed by atoms with E-state index in [0.29, 0.717) is 41.8 Å². The quantitative estimate of drug-likeness (QED) is 0.418. The van der Waals surface area contributed by atoms with Crippen LogP contribution in [-0.2, 0) is 16.6 Å². The number of nitrogens with zero attached hydrogens (tertiary/aromatic N) is 7. The van der Waals surface area contributed by atoms with E-state index in [1.54, 1.807) is 46.8 Å². The lowest BCUT2D eigenvalue weighted by Crippen LogP contribution is -2.41. The summed E-state index contributed by atoms with van der Waals surface area (Å²) in [5.74, 6) is -0.542. The molecule has 0 saturated carbocycles. The molecule has 12 nitrogen and oxygen atoms in total. The van der Waals surface area contributed by atoms with Gasteiger partial charge in [-0.3, -0.25) is 24.2 Å². The Labute approximate surface area is 206 Å². The van der Waals surface area contributed by atoms with E-state index < -0.39 is 5.91 Å². The molecule has 0 radical (unpaired) electrons. The van der Waals surface area contributed by atoms with Gasteiger partial charge in [0.15, 0.2) is 5.69 Å². The van der Waals surface area contributed by atoms with Crippen molar-refractivity contribution in [1.82, 2.24) is 34.5 Å². The highest BCUT2D eigenvalue weighted by Gasteiger charge is 2.39. The zero-order chi connectivity index (χ0) is 24.8. The smallest absolute Gasteiger partial charge is 0.278 e. The van der Waals surface area contributed by atoms with E-state index in [9.17, 15) is 9.59 Å². The van der Waals surface area contributed by atoms with Crippen molar-refractivity contribution < 1.29 is 14.3 Å². The zero-order valence-corrected chi connectivity index (χ0v) is 19.9. The number of anilines is 2. The molecule has 2 atom stereocenters. The molecule has 184 valence electrons. The highest BCUT2D eigenvalue weighted by atomic mass is 16.5. The van der Waals surface area contributed by atoms with Gasteiger partial charge in [-0.15, -0.1) is 5.10 Å². The molecule has 2 aliphatic heterocycles. The standard InChI is InChI=1S/C24H25N9O3/c1-14-20(5-17(8-25-14)27-22(34)12-32-11-19-6-18(32)13-36-19)28-24(35)23-21-4-3-15(10-33(21)30-29-23)16-7-26-31(2)9-16/h3-5,7-10,18-19H,6,11-13H2,1-2H3,(H,27,34)(H,28,35)/t18-,19-/m1/s1. The minimum absolute atomic E-state index is 0.126. The monoisotopic (exact) mass is 487 g/mol. The molecular formula is C24H25N9O3. The highest BCUT2D eigenvalue weighted by Crippen LogP contribution is 2.27. The Morgan fingerprint density at radius 3 is 2.81 bits per heavy atom. The van der Waals surface area contributed by atoms with Crippen LogP contribution < -0.4 is 10.6 Å². The van der Waals surface area contributed by atoms with Crippen molar-refractivity contribution in [2.45, 2.75) is 25.5 Å². The van der Waals surface area contributed by atoms with Crippen LogP contribution in [-0.4, -0.2) is 78.1 Å². The molecular weight excluding hydrogens is 462 g/mol. The van der Waals surface area contributed by atoms with Gasteiger partial charge >= 0.3 is 0 Å². The van der Waals surface area contributed by atoms with E-state index in [1.165, 1.54) is 0 Å². The third-order valence-electron chi connectivity index (χ3n) is 6.65. The number of carbonyl (C=O) groups is 2. The third kappa shape index (κ3) is 4.20. The number of hydrogen-bond acceptors (Lipinski definition) is 8. The Hall–Kier alpha value is -4.16. The van der Waals surface area contributed by atoms with Gasteiger partial charge < -0.3 is 15.4 Å². The summed E-state index contributed by atoms with van der Waals surface area (Å²) in [6.07, 6.45) is 8.26. The van der Waals surface area contributed by atoms with E-state index >= 15 is 0 Å². The van der Waals surface area contributed by atoms with Gasteiger partial charge in [-0.1, -0.05) is 11.3 Å². The minimum Gasteiger partial charge on any atom is -0.375 e. The molecule has 2 N–H and O–H groups in total. The molecule has 12 heteroatoms. The van der Waals surface area contributed by atoms with E-state index in [-0.39, 0.29) is 17.7 Å². The maximum atomic E-state index is 13.1. The highest BCUT2D eigenvalue weighted by molar-refractivity contribution is 6.08. The van der Waals surface area contributed by atoms with Crippen LogP contribution >= 0.6 is 0 Å². The van der Waals surface area contributed by atoms with Crippen LogP contribution in [0.3, 0.4) is 0 Å². The summed E-state index contributed by atoms with van der Waals surface area (Å²) in [5.41, 5.74) is 4.21. The fourth-order valence-corrected chi connectivity index (χ4v) is 4.76. The molecule has 4 aromatic rings. The molecule has 2 fully saturated rings. The van der Waals surface area contributed by atoms with Crippen LogP contribution in [0, 0.1) is 6.92 Å². The van der Waals surface area contributed by atoms with Crippen molar-refractivity contribution in [3.8, 4) is 11.1 Å². The summed E-state index contributed by atoms with van der Waals surface area (Å²) in [6, 6.07) is 5.71. The lowest BCUT2D eigenvalue weighted by molar-refractivity contribution is -0.118. The van der Waals surface area contributed by atoms with Crippen LogP contribution in [0.1, 0.15) is 22.6 Å². The second-order valence-electron chi connectivity index (χ2n) is 9.22. The predicted octanol–water partition coefficient (Wildman–Crippen LogP) is 1.50. The first kappa shape index (κ1) is 22.3. The van der Waals surface area contributed by atoms with Crippen molar-refractivity contribution in [3.63, 3.8) is 0 Å². The molecule has 2 aliphatic rings. The molecule has 0 spiro atoms. The van der Waals surface area contributed by atoms with Crippen LogP contribution in [0.25, 0.3) is 16.6 Å². The van der Waals surface area contributed by atoms with Gasteiger partial charge in [0.1, 0.15) is 0 Å². The maximum absolute atomic E-state index is 13.1. The number of fused-ring (bicyclic) bond motifs is 3. The lowest BCUT2D eigenvalue weighted by Gasteiger charge is -2.25. The average molecular weight is 488 g/mol. The summed E-state index contributed by atoms with van der Waals surface area (Å²) in [7, 11) is 1.85. The fourth-order valence-electron chi connectivity index (χ4n) is 4.76. The predicted molar refractivity (Wildman–Crippen MR) is 130 cm³/mol. The lowest BCUT2D eigenvalue weighted by atomic mass is 10.1. The molecule has 0 aliphatic carbocycles. The topological polar surface area (TPSA) is 132 Å². The number of hydrogen-bond donors (Lipinski definition) is 2. The van der Waals surface area contributed by atoms with Crippen molar-refractivity contribution in [2.75, 3.05) is 30.3 Å². The van der Waals surface area contributed by atoms with Crippen molar-refractivity contribution in [1.29, 1.82) is 0 Å². The largest absolute Gasteiger partial charge is 0.375 e. The number of aromatic nitrogens is 6. The second kappa shape index (κ2) is 8.81. The Morgan fingerprint density at radius 2 is 2.06 bits per heavy atom. The Kier molecular flexibility index (Phi) is 5.46. The Bertz CT molecular complexity index is 1480. The summed E-state index contributed by atoms with van der Waals surface area (Å²) >= 11 is 0. The first-order chi connectivity index (χ1) is 17.4. The van der Waals surface area contributed by atoms with Gasteiger partial charge in [0.05, 0.1) is 54.2 Å². The number of aryl methyl sites for hydroxylation is 2. The van der Waals surface area contributed by atoms with Crippen molar-refractivity contribution in [2.24, 2.45) is 7.05 Å². The van der Waals surface area contributed by atoms with E-state index in [4.69, 9.17) is 4.74 Å². The zero-order valence-electron chi connectivity index (χ0n) is 19.9. The van der Waals surface area contributed by atoms with Crippen molar-refractivity contribution in [3.05, 3.63) is 54.4 Å².